The lowest BCUT2D eigenvalue weighted by atomic mass is 9.80. The molecule has 8 atom stereocenters. The molecule has 3 N–H and O–H groups in total. The van der Waals surface area contributed by atoms with E-state index in [9.17, 15) is 43.5 Å². The first kappa shape index (κ1) is 55.2. The second-order valence-electron chi connectivity index (χ2n) is 19.6. The number of hydrogen-bond donors (Lipinski definition) is 3. The van der Waals surface area contributed by atoms with Crippen LogP contribution in [0.3, 0.4) is 0 Å². The largest absolute Gasteiger partial charge is 0.480 e. The summed E-state index contributed by atoms with van der Waals surface area (Å²) in [4.78, 5) is 113. The number of likely N-dealkylation sites (tertiary alicyclic amines) is 1. The summed E-state index contributed by atoms with van der Waals surface area (Å²) < 4.78 is 12.0. The third kappa shape index (κ3) is 13.2. The first-order chi connectivity index (χ1) is 32.1. The van der Waals surface area contributed by atoms with Crippen LogP contribution in [0.4, 0.5) is 0 Å². The molecule has 376 valence electrons. The fourth-order valence-electron chi connectivity index (χ4n) is 9.79. The maximum atomic E-state index is 14.6. The highest BCUT2D eigenvalue weighted by Gasteiger charge is 2.49. The van der Waals surface area contributed by atoms with Crippen molar-refractivity contribution in [2.75, 3.05) is 40.9 Å². The molecule has 68 heavy (non-hydrogen) atoms. The summed E-state index contributed by atoms with van der Waals surface area (Å²) in [5, 5.41) is 15.7. The van der Waals surface area contributed by atoms with Crippen molar-refractivity contribution in [1.82, 2.24) is 30.2 Å². The van der Waals surface area contributed by atoms with Gasteiger partial charge in [-0.25, -0.2) is 4.79 Å². The number of hydrogen-bond acceptors (Lipinski definition) is 10. The van der Waals surface area contributed by atoms with Gasteiger partial charge in [-0.05, 0) is 63.9 Å². The van der Waals surface area contributed by atoms with E-state index < -0.39 is 65.1 Å². The zero-order valence-corrected chi connectivity index (χ0v) is 41.8. The summed E-state index contributed by atoms with van der Waals surface area (Å²) in [5.41, 5.74) is -1.71. The number of nitrogens with one attached hydrogen (secondary N) is 2. The Balaban J connectivity index is 1.42. The van der Waals surface area contributed by atoms with Crippen molar-refractivity contribution in [1.29, 1.82) is 0 Å². The quantitative estimate of drug-likeness (QED) is 0.0678. The topological polar surface area (TPSA) is 212 Å². The van der Waals surface area contributed by atoms with Crippen molar-refractivity contribution >= 4 is 47.3 Å². The molecule has 0 spiro atoms. The first-order valence-electron chi connectivity index (χ1n) is 24.1. The van der Waals surface area contributed by atoms with Gasteiger partial charge in [0.15, 0.2) is 0 Å². The molecular formula is C51H76N6O11. The standard InChI is InChI=1S/C51H76N6O11/c1-11-34(4)44(38(67-9)32-42(61)55-29-19-23-37(55)45(68-10)50(5,6)48(65)52-36(47(63)64)31-35-21-15-14-16-22-35)54(8)46(62)43(33(2)3)53-49(66)51(7)27-20-30-57(51)41(60)24-17-12-13-18-28-56-39(58)25-26-40(56)59/h14-16,19,21-23,25-26,33-34,36-38,43-45H,11-13,17-18,20,24,27-32H2,1-10H3,(H,52,65)(H,53,66)(H,63,64)/t34-,36-,37-,38+,43-,44-,45-,51-/m0/s1. The molecule has 1 aromatic rings. The smallest absolute Gasteiger partial charge is 0.326 e. The van der Waals surface area contributed by atoms with Crippen molar-refractivity contribution in [3.63, 3.8) is 0 Å². The van der Waals surface area contributed by atoms with Gasteiger partial charge in [0, 0.05) is 65.9 Å². The van der Waals surface area contributed by atoms with E-state index in [1.807, 2.05) is 45.9 Å². The minimum atomic E-state index is -1.29. The number of likely N-dealkylation sites (N-methyl/N-ethyl adjacent to an activating group) is 1. The normalized spacial score (nSPS) is 20.9. The Morgan fingerprint density at radius 3 is 2.16 bits per heavy atom. The lowest BCUT2D eigenvalue weighted by Crippen LogP contribution is -2.62. The second-order valence-corrected chi connectivity index (χ2v) is 19.6. The van der Waals surface area contributed by atoms with Crippen molar-refractivity contribution in [2.45, 2.75) is 155 Å². The fourth-order valence-corrected chi connectivity index (χ4v) is 9.79. The molecule has 1 saturated heterocycles. The maximum absolute atomic E-state index is 14.6. The maximum Gasteiger partial charge on any atom is 0.326 e. The predicted octanol–water partition coefficient (Wildman–Crippen LogP) is 4.28. The summed E-state index contributed by atoms with van der Waals surface area (Å²) in [6, 6.07) is 5.58. The number of carboxylic acids is 1. The van der Waals surface area contributed by atoms with E-state index in [0.29, 0.717) is 45.2 Å². The van der Waals surface area contributed by atoms with Crippen molar-refractivity contribution in [3.8, 4) is 0 Å². The zero-order valence-electron chi connectivity index (χ0n) is 41.8. The van der Waals surface area contributed by atoms with Gasteiger partial charge in [-0.1, -0.05) is 89.4 Å². The van der Waals surface area contributed by atoms with Crippen LogP contribution in [0.5, 0.6) is 0 Å². The molecule has 4 rings (SSSR count). The Hall–Kier alpha value is -5.42. The highest BCUT2D eigenvalue weighted by Crippen LogP contribution is 2.34. The van der Waals surface area contributed by atoms with Gasteiger partial charge in [-0.15, -0.1) is 0 Å². The highest BCUT2D eigenvalue weighted by molar-refractivity contribution is 6.12. The monoisotopic (exact) mass is 949 g/mol. The Kier molecular flexibility index (Phi) is 20.1. The number of nitrogens with zero attached hydrogens (tertiary/aromatic N) is 4. The molecule has 3 aliphatic rings. The van der Waals surface area contributed by atoms with Gasteiger partial charge in [-0.3, -0.25) is 38.5 Å². The van der Waals surface area contributed by atoms with Crippen LogP contribution < -0.4 is 10.6 Å². The van der Waals surface area contributed by atoms with Crippen LogP contribution in [0.1, 0.15) is 112 Å². The number of benzene rings is 1. The van der Waals surface area contributed by atoms with E-state index in [4.69, 9.17) is 9.47 Å². The highest BCUT2D eigenvalue weighted by atomic mass is 16.5. The molecule has 0 radical (unpaired) electrons. The number of imide groups is 1. The molecule has 0 aromatic heterocycles. The lowest BCUT2D eigenvalue weighted by Gasteiger charge is -2.42. The molecule has 7 amide bonds. The Bertz CT molecular complexity index is 2000. The van der Waals surface area contributed by atoms with Crippen LogP contribution in [0.2, 0.25) is 0 Å². The van der Waals surface area contributed by atoms with Crippen LogP contribution in [-0.4, -0.2) is 155 Å². The number of rotatable bonds is 26. The molecular weight excluding hydrogens is 873 g/mol. The van der Waals surface area contributed by atoms with E-state index in [-0.39, 0.29) is 67.2 Å². The summed E-state index contributed by atoms with van der Waals surface area (Å²) >= 11 is 0. The predicted molar refractivity (Wildman–Crippen MR) is 255 cm³/mol. The number of ether oxygens (including phenoxy) is 2. The van der Waals surface area contributed by atoms with Crippen LogP contribution in [0.25, 0.3) is 0 Å². The van der Waals surface area contributed by atoms with Crippen molar-refractivity contribution in [2.24, 2.45) is 17.3 Å². The number of amides is 7. The van der Waals surface area contributed by atoms with E-state index in [1.165, 1.54) is 31.3 Å². The molecule has 0 unspecified atom stereocenters. The molecule has 3 heterocycles. The number of carbonyl (C=O) groups excluding carboxylic acids is 7. The first-order valence-corrected chi connectivity index (χ1v) is 24.1. The molecule has 17 heteroatoms. The third-order valence-corrected chi connectivity index (χ3v) is 14.2. The van der Waals surface area contributed by atoms with E-state index in [2.05, 4.69) is 10.6 Å². The molecule has 17 nitrogen and oxygen atoms in total. The summed E-state index contributed by atoms with van der Waals surface area (Å²) in [6.07, 6.45) is 9.11. The fraction of sp³-hybridized carbons (Fsp3) is 0.647. The lowest BCUT2D eigenvalue weighted by molar-refractivity contribution is -0.152. The Labute approximate surface area is 402 Å². The van der Waals surface area contributed by atoms with Crippen LogP contribution in [0.15, 0.2) is 54.6 Å². The average molecular weight is 949 g/mol. The van der Waals surface area contributed by atoms with Crippen molar-refractivity contribution < 1.29 is 52.9 Å². The summed E-state index contributed by atoms with van der Waals surface area (Å²) in [7, 11) is 4.61. The Morgan fingerprint density at radius 1 is 0.926 bits per heavy atom. The van der Waals surface area contributed by atoms with Gasteiger partial charge in [-0.2, -0.15) is 0 Å². The van der Waals surface area contributed by atoms with E-state index in [1.54, 1.807) is 66.8 Å². The van der Waals surface area contributed by atoms with Crippen LogP contribution >= 0.6 is 0 Å². The van der Waals surface area contributed by atoms with Gasteiger partial charge in [0.05, 0.1) is 36.1 Å². The Morgan fingerprint density at radius 2 is 1.57 bits per heavy atom. The molecule has 0 bridgehead atoms. The van der Waals surface area contributed by atoms with E-state index in [0.717, 1.165) is 18.4 Å². The number of unbranched alkanes of at least 4 members (excludes halogenated alkanes) is 3. The van der Waals surface area contributed by atoms with E-state index >= 15 is 0 Å². The molecule has 3 aliphatic heterocycles. The van der Waals surface area contributed by atoms with Crippen LogP contribution in [-0.2, 0) is 54.3 Å². The number of methoxy groups -OCH3 is 2. The number of aliphatic carboxylic acids is 1. The van der Waals surface area contributed by atoms with Crippen LogP contribution in [0, 0.1) is 17.3 Å². The minimum Gasteiger partial charge on any atom is -0.480 e. The number of carbonyl (C=O) groups is 8. The van der Waals surface area contributed by atoms with Crippen molar-refractivity contribution in [3.05, 3.63) is 60.2 Å². The minimum absolute atomic E-state index is 0.0814. The molecule has 1 fully saturated rings. The summed E-state index contributed by atoms with van der Waals surface area (Å²) in [6.45, 7) is 13.7. The molecule has 0 saturated carbocycles. The zero-order chi connectivity index (χ0) is 50.5. The van der Waals surface area contributed by atoms with Gasteiger partial charge in [0.1, 0.15) is 17.6 Å². The SMILES string of the molecule is CC[C@H](C)[C@@H]([C@@H](CC(=O)N1CC=C[C@H]1[C@H](OC)C(C)(C)C(=O)N[C@@H](Cc1ccccc1)C(=O)O)OC)N(C)C(=O)[C@@H](NC(=O)[C@]1(C)CCCN1C(=O)CCCCCCN1C(=O)C=CC1=O)C(C)C. The summed E-state index contributed by atoms with van der Waals surface area (Å²) in [5.74, 6) is -4.05. The van der Waals surface area contributed by atoms with Gasteiger partial charge in [0.25, 0.3) is 11.8 Å². The average Bonchev–Trinajstić information content (AvgIpc) is 4.04. The molecule has 0 aliphatic carbocycles. The van der Waals surface area contributed by atoms with Gasteiger partial charge < -0.3 is 39.9 Å². The van der Waals surface area contributed by atoms with Gasteiger partial charge in [0.2, 0.25) is 29.5 Å². The molecule has 1 aromatic carbocycles. The second kappa shape index (κ2) is 24.7. The number of carboxylic acid groups (broad SMARTS) is 1. The third-order valence-electron chi connectivity index (χ3n) is 14.2. The van der Waals surface area contributed by atoms with Gasteiger partial charge >= 0.3 is 5.97 Å².